The number of thiophene rings is 1. The Morgan fingerprint density at radius 2 is 2.41 bits per heavy atom. The third kappa shape index (κ3) is 3.14. The van der Waals surface area contributed by atoms with Gasteiger partial charge in [-0.2, -0.15) is 16.3 Å². The first kappa shape index (κ1) is 12.3. The van der Waals surface area contributed by atoms with Crippen molar-refractivity contribution in [3.05, 3.63) is 22.7 Å². The van der Waals surface area contributed by atoms with E-state index in [0.717, 1.165) is 24.8 Å². The van der Waals surface area contributed by atoms with Gasteiger partial charge in [0.15, 0.2) is 0 Å². The normalized spacial score (nSPS) is 12.8. The molecule has 0 amide bonds. The smallest absolute Gasteiger partial charge is 0.228 e. The molecule has 1 unspecified atom stereocenters. The fraction of sp³-hybridized carbons (Fsp3) is 0.500. The van der Waals surface area contributed by atoms with Crippen molar-refractivity contribution in [3.8, 4) is 11.4 Å². The second-order valence-electron chi connectivity index (χ2n) is 4.00. The van der Waals surface area contributed by atoms with Gasteiger partial charge in [0, 0.05) is 23.4 Å². The maximum absolute atomic E-state index is 5.27. The Morgan fingerprint density at radius 3 is 3.06 bits per heavy atom. The predicted molar refractivity (Wildman–Crippen MR) is 69.1 cm³/mol. The largest absolute Gasteiger partial charge is 0.339 e. The lowest BCUT2D eigenvalue weighted by molar-refractivity contribution is 0.356. The lowest BCUT2D eigenvalue weighted by atomic mass is 10.1. The number of hydrogen-bond acceptors (Lipinski definition) is 5. The molecule has 2 heterocycles. The quantitative estimate of drug-likeness (QED) is 0.857. The molecule has 0 aliphatic carbocycles. The Balaban J connectivity index is 2.03. The van der Waals surface area contributed by atoms with Crippen LogP contribution in [0.15, 0.2) is 21.3 Å². The molecule has 0 saturated carbocycles. The molecule has 17 heavy (non-hydrogen) atoms. The van der Waals surface area contributed by atoms with Gasteiger partial charge in [-0.1, -0.05) is 18.5 Å². The fourth-order valence-electron chi connectivity index (χ4n) is 1.75. The third-order valence-electron chi connectivity index (χ3n) is 2.71. The van der Waals surface area contributed by atoms with Crippen LogP contribution >= 0.6 is 11.3 Å². The average Bonchev–Trinajstić information content (AvgIpc) is 2.98. The summed E-state index contributed by atoms with van der Waals surface area (Å²) >= 11 is 1.64. The molecule has 0 aliphatic rings. The van der Waals surface area contributed by atoms with Gasteiger partial charge in [0.1, 0.15) is 0 Å². The molecule has 4 nitrogen and oxygen atoms in total. The van der Waals surface area contributed by atoms with Gasteiger partial charge >= 0.3 is 0 Å². The molecule has 92 valence electrons. The number of nitrogens with one attached hydrogen (secondary N) is 1. The van der Waals surface area contributed by atoms with Crippen molar-refractivity contribution in [1.29, 1.82) is 0 Å². The second-order valence-corrected chi connectivity index (χ2v) is 4.78. The van der Waals surface area contributed by atoms with Crippen LogP contribution in [-0.4, -0.2) is 23.2 Å². The minimum Gasteiger partial charge on any atom is -0.339 e. The number of hydrogen-bond donors (Lipinski definition) is 1. The molecule has 2 aromatic heterocycles. The zero-order valence-electron chi connectivity index (χ0n) is 10.1. The summed E-state index contributed by atoms with van der Waals surface area (Å²) in [4.78, 5) is 4.41. The lowest BCUT2D eigenvalue weighted by Gasteiger charge is -2.11. The summed E-state index contributed by atoms with van der Waals surface area (Å²) in [5.74, 6) is 1.40. The first-order valence-corrected chi connectivity index (χ1v) is 6.80. The van der Waals surface area contributed by atoms with Gasteiger partial charge in [-0.15, -0.1) is 0 Å². The minimum atomic E-state index is 0.413. The van der Waals surface area contributed by atoms with Gasteiger partial charge in [-0.25, -0.2) is 0 Å². The van der Waals surface area contributed by atoms with E-state index in [9.17, 15) is 0 Å². The molecule has 1 atom stereocenters. The van der Waals surface area contributed by atoms with Crippen LogP contribution in [0.25, 0.3) is 11.4 Å². The highest BCUT2D eigenvalue weighted by atomic mass is 32.1. The highest BCUT2D eigenvalue weighted by molar-refractivity contribution is 7.08. The molecular weight excluding hydrogens is 234 g/mol. The summed E-state index contributed by atoms with van der Waals surface area (Å²) in [5.41, 5.74) is 1.03. The topological polar surface area (TPSA) is 51.0 Å². The Morgan fingerprint density at radius 1 is 1.53 bits per heavy atom. The van der Waals surface area contributed by atoms with Crippen molar-refractivity contribution in [2.75, 3.05) is 7.05 Å². The minimum absolute atomic E-state index is 0.413. The SMILES string of the molecule is CCCC(Cc1nc(-c2ccsc2)no1)NC. The fourth-order valence-corrected chi connectivity index (χ4v) is 2.39. The maximum Gasteiger partial charge on any atom is 0.228 e. The Kier molecular flexibility index (Phi) is 4.28. The van der Waals surface area contributed by atoms with Crippen LogP contribution < -0.4 is 5.32 Å². The summed E-state index contributed by atoms with van der Waals surface area (Å²) in [6.07, 6.45) is 3.06. The maximum atomic E-state index is 5.27. The molecular formula is C12H17N3OS. The van der Waals surface area contributed by atoms with Gasteiger partial charge in [0.05, 0.1) is 0 Å². The molecule has 0 aromatic carbocycles. The van der Waals surface area contributed by atoms with Crippen molar-refractivity contribution in [1.82, 2.24) is 15.5 Å². The number of nitrogens with zero attached hydrogens (tertiary/aromatic N) is 2. The summed E-state index contributed by atoms with van der Waals surface area (Å²) in [6.45, 7) is 2.18. The zero-order valence-corrected chi connectivity index (χ0v) is 11.0. The molecule has 0 aliphatic heterocycles. The van der Waals surface area contributed by atoms with Crippen molar-refractivity contribution in [2.24, 2.45) is 0 Å². The number of likely N-dealkylation sites (N-methyl/N-ethyl adjacent to an activating group) is 1. The van der Waals surface area contributed by atoms with Crippen molar-refractivity contribution >= 4 is 11.3 Å². The average molecular weight is 251 g/mol. The Hall–Kier alpha value is -1.20. The molecule has 0 saturated heterocycles. The van der Waals surface area contributed by atoms with Crippen LogP contribution in [0.3, 0.4) is 0 Å². The summed E-state index contributed by atoms with van der Waals surface area (Å²) in [7, 11) is 1.97. The van der Waals surface area contributed by atoms with Gasteiger partial charge in [0.25, 0.3) is 0 Å². The van der Waals surface area contributed by atoms with E-state index in [4.69, 9.17) is 4.52 Å². The standard InChI is InChI=1S/C12H17N3OS/c1-3-4-10(13-2)7-11-14-12(15-16-11)9-5-6-17-8-9/h5-6,8,10,13H,3-4,7H2,1-2H3. The second kappa shape index (κ2) is 5.93. The number of rotatable bonds is 6. The molecule has 0 radical (unpaired) electrons. The van der Waals surface area contributed by atoms with E-state index in [1.54, 1.807) is 11.3 Å². The Bertz CT molecular complexity index is 438. The molecule has 2 aromatic rings. The van der Waals surface area contributed by atoms with E-state index < -0.39 is 0 Å². The van der Waals surface area contributed by atoms with Crippen LogP contribution in [0, 0.1) is 0 Å². The Labute approximate surface area is 105 Å². The van der Waals surface area contributed by atoms with Gasteiger partial charge < -0.3 is 9.84 Å². The van der Waals surface area contributed by atoms with Crippen LogP contribution in [-0.2, 0) is 6.42 Å². The summed E-state index contributed by atoms with van der Waals surface area (Å²) in [6, 6.07) is 2.41. The van der Waals surface area contributed by atoms with Gasteiger partial charge in [0.2, 0.25) is 11.7 Å². The predicted octanol–water partition coefficient (Wildman–Crippen LogP) is 2.73. The first-order chi connectivity index (χ1) is 8.33. The molecule has 0 spiro atoms. The lowest BCUT2D eigenvalue weighted by Crippen LogP contribution is -2.27. The zero-order chi connectivity index (χ0) is 12.1. The van der Waals surface area contributed by atoms with Gasteiger partial charge in [-0.3, -0.25) is 0 Å². The van der Waals surface area contributed by atoms with Gasteiger partial charge in [-0.05, 0) is 24.9 Å². The molecule has 2 rings (SSSR count). The highest BCUT2D eigenvalue weighted by Gasteiger charge is 2.13. The first-order valence-electron chi connectivity index (χ1n) is 5.86. The highest BCUT2D eigenvalue weighted by Crippen LogP contribution is 2.19. The summed E-state index contributed by atoms with van der Waals surface area (Å²) < 4.78 is 5.27. The van der Waals surface area contributed by atoms with Crippen LogP contribution in [0.5, 0.6) is 0 Å². The van der Waals surface area contributed by atoms with E-state index in [-0.39, 0.29) is 0 Å². The van der Waals surface area contributed by atoms with Crippen molar-refractivity contribution < 1.29 is 4.52 Å². The van der Waals surface area contributed by atoms with Crippen molar-refractivity contribution in [3.63, 3.8) is 0 Å². The van der Waals surface area contributed by atoms with E-state index in [0.29, 0.717) is 17.8 Å². The van der Waals surface area contributed by atoms with Crippen molar-refractivity contribution in [2.45, 2.75) is 32.2 Å². The van der Waals surface area contributed by atoms with E-state index in [1.807, 2.05) is 23.9 Å². The molecule has 5 heteroatoms. The van der Waals surface area contributed by atoms with E-state index in [1.165, 1.54) is 0 Å². The molecule has 1 N–H and O–H groups in total. The van der Waals surface area contributed by atoms with Crippen LogP contribution in [0.4, 0.5) is 0 Å². The molecule has 0 bridgehead atoms. The van der Waals surface area contributed by atoms with E-state index in [2.05, 4.69) is 22.4 Å². The summed E-state index contributed by atoms with van der Waals surface area (Å²) in [5, 5.41) is 11.3. The van der Waals surface area contributed by atoms with Crippen LogP contribution in [0.1, 0.15) is 25.7 Å². The molecule has 0 fully saturated rings. The number of aromatic nitrogens is 2. The third-order valence-corrected chi connectivity index (χ3v) is 3.40. The van der Waals surface area contributed by atoms with E-state index >= 15 is 0 Å². The van der Waals surface area contributed by atoms with Crippen LogP contribution in [0.2, 0.25) is 0 Å². The monoisotopic (exact) mass is 251 g/mol.